The Bertz CT molecular complexity index is 708. The van der Waals surface area contributed by atoms with Crippen LogP contribution >= 0.6 is 0 Å². The number of carboxylic acid groups (broad SMARTS) is 2. The normalized spacial score (nSPS) is 13.4. The van der Waals surface area contributed by atoms with Gasteiger partial charge < -0.3 is 43.4 Å². The molecule has 0 bridgehead atoms. The molecule has 0 heterocycles. The SMILES string of the molecule is CC(C)C(N)C(=O)NC(CCC(=O)NC(CCCN=C(N)N)C(=O)NCC(=O)O)C(=O)O. The number of hydrogen-bond donors (Lipinski definition) is 8. The minimum atomic E-state index is -1.35. The summed E-state index contributed by atoms with van der Waals surface area (Å²) < 4.78 is 0. The molecule has 0 saturated heterocycles. The predicted molar refractivity (Wildman–Crippen MR) is 114 cm³/mol. The van der Waals surface area contributed by atoms with Crippen molar-refractivity contribution in [2.75, 3.05) is 13.1 Å². The van der Waals surface area contributed by atoms with Crippen molar-refractivity contribution in [2.45, 2.75) is 57.7 Å². The molecule has 0 fully saturated rings. The van der Waals surface area contributed by atoms with Crippen molar-refractivity contribution in [3.63, 3.8) is 0 Å². The van der Waals surface area contributed by atoms with Crippen LogP contribution in [0.5, 0.6) is 0 Å². The van der Waals surface area contributed by atoms with Gasteiger partial charge in [-0.2, -0.15) is 0 Å². The van der Waals surface area contributed by atoms with E-state index < -0.39 is 54.3 Å². The van der Waals surface area contributed by atoms with Crippen LogP contribution in [0.25, 0.3) is 0 Å². The summed E-state index contributed by atoms with van der Waals surface area (Å²) >= 11 is 0. The number of carbonyl (C=O) groups is 5. The molecular weight excluding hydrogens is 426 g/mol. The number of aliphatic imine (C=N–C) groups is 1. The molecule has 3 unspecified atom stereocenters. The fourth-order valence-corrected chi connectivity index (χ4v) is 2.43. The van der Waals surface area contributed by atoms with Crippen molar-refractivity contribution in [3.05, 3.63) is 0 Å². The molecule has 32 heavy (non-hydrogen) atoms. The van der Waals surface area contributed by atoms with E-state index >= 15 is 0 Å². The van der Waals surface area contributed by atoms with E-state index in [2.05, 4.69) is 20.9 Å². The Morgan fingerprint density at radius 1 is 0.938 bits per heavy atom. The highest BCUT2D eigenvalue weighted by Gasteiger charge is 2.26. The topological polar surface area (TPSA) is 252 Å². The molecular formula is C18H33N7O7. The number of aliphatic carboxylic acids is 2. The average molecular weight is 460 g/mol. The zero-order chi connectivity index (χ0) is 24.8. The first-order chi connectivity index (χ1) is 14.8. The summed E-state index contributed by atoms with van der Waals surface area (Å²) in [4.78, 5) is 62.3. The molecule has 0 aromatic heterocycles. The van der Waals surface area contributed by atoms with Crippen LogP contribution in [0.15, 0.2) is 4.99 Å². The minimum absolute atomic E-state index is 0.107. The van der Waals surface area contributed by atoms with Gasteiger partial charge in [0.15, 0.2) is 5.96 Å². The standard InChI is InChI=1S/C18H33N7O7/c1-9(2)14(19)16(30)25-11(17(31)32)5-6-12(26)24-10(4-3-7-22-18(20)21)15(29)23-8-13(27)28/h9-11,14H,3-8,19H2,1-2H3,(H,23,29)(H,24,26)(H,25,30)(H,27,28)(H,31,32)(H4,20,21,22). The van der Waals surface area contributed by atoms with Crippen LogP contribution in [0, 0.1) is 5.92 Å². The lowest BCUT2D eigenvalue weighted by molar-refractivity contribution is -0.142. The van der Waals surface area contributed by atoms with Crippen molar-refractivity contribution < 1.29 is 34.2 Å². The van der Waals surface area contributed by atoms with Crippen LogP contribution < -0.4 is 33.2 Å². The Hall–Kier alpha value is -3.42. The number of amides is 3. The second-order valence-corrected chi connectivity index (χ2v) is 7.39. The maximum atomic E-state index is 12.3. The summed E-state index contributed by atoms with van der Waals surface area (Å²) in [5.41, 5.74) is 16.1. The van der Waals surface area contributed by atoms with Gasteiger partial charge in [0.25, 0.3) is 0 Å². The van der Waals surface area contributed by atoms with Crippen molar-refractivity contribution in [1.82, 2.24) is 16.0 Å². The lowest BCUT2D eigenvalue weighted by Gasteiger charge is -2.21. The monoisotopic (exact) mass is 459 g/mol. The molecule has 11 N–H and O–H groups in total. The summed E-state index contributed by atoms with van der Waals surface area (Å²) in [7, 11) is 0. The van der Waals surface area contributed by atoms with Gasteiger partial charge >= 0.3 is 11.9 Å². The van der Waals surface area contributed by atoms with Crippen molar-refractivity contribution >= 4 is 35.6 Å². The Morgan fingerprint density at radius 3 is 2.06 bits per heavy atom. The number of rotatable bonds is 15. The van der Waals surface area contributed by atoms with E-state index in [1.165, 1.54) is 0 Å². The lowest BCUT2D eigenvalue weighted by atomic mass is 10.0. The van der Waals surface area contributed by atoms with Gasteiger partial charge in [-0.3, -0.25) is 24.2 Å². The van der Waals surface area contributed by atoms with Crippen LogP contribution in [0.2, 0.25) is 0 Å². The first-order valence-electron chi connectivity index (χ1n) is 9.98. The average Bonchev–Trinajstić information content (AvgIpc) is 2.69. The zero-order valence-electron chi connectivity index (χ0n) is 18.2. The minimum Gasteiger partial charge on any atom is -0.480 e. The summed E-state index contributed by atoms with van der Waals surface area (Å²) in [6.45, 7) is 2.96. The second kappa shape index (κ2) is 14.6. The molecule has 0 rings (SSSR count). The highest BCUT2D eigenvalue weighted by molar-refractivity contribution is 5.90. The first kappa shape index (κ1) is 28.6. The molecule has 14 nitrogen and oxygen atoms in total. The molecule has 0 aliphatic rings. The Morgan fingerprint density at radius 2 is 1.56 bits per heavy atom. The number of nitrogens with zero attached hydrogens (tertiary/aromatic N) is 1. The Kier molecular flexibility index (Phi) is 13.0. The van der Waals surface area contributed by atoms with Gasteiger partial charge in [-0.15, -0.1) is 0 Å². The third-order valence-corrected chi connectivity index (χ3v) is 4.31. The van der Waals surface area contributed by atoms with Gasteiger partial charge in [-0.25, -0.2) is 4.79 Å². The van der Waals surface area contributed by atoms with E-state index in [1.54, 1.807) is 13.8 Å². The van der Waals surface area contributed by atoms with E-state index in [0.717, 1.165) is 0 Å². The van der Waals surface area contributed by atoms with Gasteiger partial charge in [0.2, 0.25) is 17.7 Å². The number of nitrogens with one attached hydrogen (secondary N) is 3. The molecule has 0 saturated carbocycles. The number of guanidine groups is 1. The molecule has 0 aliphatic heterocycles. The van der Waals surface area contributed by atoms with Crippen LogP contribution in [0.4, 0.5) is 0 Å². The van der Waals surface area contributed by atoms with E-state index in [0.29, 0.717) is 6.42 Å². The molecule has 182 valence electrons. The molecule has 14 heteroatoms. The van der Waals surface area contributed by atoms with Crippen molar-refractivity contribution in [2.24, 2.45) is 28.1 Å². The molecule has 0 aromatic carbocycles. The second-order valence-electron chi connectivity index (χ2n) is 7.39. The number of carbonyl (C=O) groups excluding carboxylic acids is 3. The zero-order valence-corrected chi connectivity index (χ0v) is 18.2. The quantitative estimate of drug-likeness (QED) is 0.0702. The van der Waals surface area contributed by atoms with E-state index in [4.69, 9.17) is 22.3 Å². The molecule has 3 atom stereocenters. The van der Waals surface area contributed by atoms with Gasteiger partial charge in [0, 0.05) is 13.0 Å². The highest BCUT2D eigenvalue weighted by atomic mass is 16.4. The van der Waals surface area contributed by atoms with Crippen LogP contribution in [-0.2, 0) is 24.0 Å². The highest BCUT2D eigenvalue weighted by Crippen LogP contribution is 2.05. The summed E-state index contributed by atoms with van der Waals surface area (Å²) in [6.07, 6.45) is -0.138. The summed E-state index contributed by atoms with van der Waals surface area (Å²) in [5.74, 6) is -4.99. The van der Waals surface area contributed by atoms with E-state index in [9.17, 15) is 29.1 Å². The molecule has 3 amide bonds. The van der Waals surface area contributed by atoms with E-state index in [-0.39, 0.29) is 37.7 Å². The predicted octanol–water partition coefficient (Wildman–Crippen LogP) is -2.94. The van der Waals surface area contributed by atoms with Crippen molar-refractivity contribution in [3.8, 4) is 0 Å². The maximum absolute atomic E-state index is 12.3. The fourth-order valence-electron chi connectivity index (χ4n) is 2.43. The van der Waals surface area contributed by atoms with Gasteiger partial charge in [-0.05, 0) is 25.2 Å². The molecule has 0 aliphatic carbocycles. The molecule has 0 spiro atoms. The number of hydrogen-bond acceptors (Lipinski definition) is 7. The van der Waals surface area contributed by atoms with Crippen LogP contribution in [0.1, 0.15) is 39.5 Å². The summed E-state index contributed by atoms with van der Waals surface area (Å²) in [5, 5.41) is 24.9. The largest absolute Gasteiger partial charge is 0.480 e. The van der Waals surface area contributed by atoms with Gasteiger partial charge in [0.1, 0.15) is 18.6 Å². The molecule has 0 radical (unpaired) electrons. The Balaban J connectivity index is 4.95. The number of carboxylic acids is 2. The third kappa shape index (κ3) is 12.3. The molecule has 0 aromatic rings. The number of nitrogens with two attached hydrogens (primary N) is 3. The van der Waals surface area contributed by atoms with E-state index in [1.807, 2.05) is 0 Å². The van der Waals surface area contributed by atoms with Crippen LogP contribution in [0.3, 0.4) is 0 Å². The first-order valence-corrected chi connectivity index (χ1v) is 9.98. The Labute approximate surface area is 185 Å². The lowest BCUT2D eigenvalue weighted by Crippen LogP contribution is -2.51. The van der Waals surface area contributed by atoms with Gasteiger partial charge in [-0.1, -0.05) is 13.8 Å². The third-order valence-electron chi connectivity index (χ3n) is 4.31. The smallest absolute Gasteiger partial charge is 0.326 e. The summed E-state index contributed by atoms with van der Waals surface area (Å²) in [6, 6.07) is -3.33. The van der Waals surface area contributed by atoms with Crippen LogP contribution in [-0.4, -0.2) is 77.0 Å². The van der Waals surface area contributed by atoms with Crippen molar-refractivity contribution in [1.29, 1.82) is 0 Å². The maximum Gasteiger partial charge on any atom is 0.326 e. The fraction of sp³-hybridized carbons (Fsp3) is 0.667. The van der Waals surface area contributed by atoms with Gasteiger partial charge in [0.05, 0.1) is 6.04 Å².